The predicted molar refractivity (Wildman–Crippen MR) is 93.5 cm³/mol. The van der Waals surface area contributed by atoms with Crippen molar-refractivity contribution in [1.82, 2.24) is 4.57 Å². The maximum atomic E-state index is 12.2. The monoisotopic (exact) mass is 379 g/mol. The third-order valence-corrected chi connectivity index (χ3v) is 4.06. The topological polar surface area (TPSA) is 31.2 Å². The van der Waals surface area contributed by atoms with Crippen LogP contribution in [0.5, 0.6) is 5.75 Å². The first-order chi connectivity index (χ1) is 10.6. The van der Waals surface area contributed by atoms with Crippen LogP contribution >= 0.6 is 27.5 Å². The molecule has 2 aromatic rings. The van der Waals surface area contributed by atoms with E-state index in [0.717, 1.165) is 11.3 Å². The Morgan fingerprint density at radius 3 is 2.73 bits per heavy atom. The predicted octanol–water partition coefficient (Wildman–Crippen LogP) is 4.35. The molecular formula is C17H15BrClNO2. The Labute approximate surface area is 143 Å². The van der Waals surface area contributed by atoms with Crippen LogP contribution in [0.4, 0.5) is 0 Å². The van der Waals surface area contributed by atoms with Gasteiger partial charge in [-0.3, -0.25) is 4.79 Å². The van der Waals surface area contributed by atoms with E-state index in [2.05, 4.69) is 27.8 Å². The fraction of sp³-hybridized carbons (Fsp3) is 0.235. The molecule has 0 aliphatic heterocycles. The summed E-state index contributed by atoms with van der Waals surface area (Å²) < 4.78 is 7.69. The third-order valence-electron chi connectivity index (χ3n) is 3.15. The van der Waals surface area contributed by atoms with Crippen LogP contribution in [0.3, 0.4) is 0 Å². The minimum Gasteiger partial charge on any atom is -0.481 e. The van der Waals surface area contributed by atoms with E-state index in [1.807, 2.05) is 25.1 Å². The second-order valence-electron chi connectivity index (χ2n) is 4.47. The van der Waals surface area contributed by atoms with Gasteiger partial charge in [0.1, 0.15) is 12.4 Å². The number of benzene rings is 1. The molecule has 22 heavy (non-hydrogen) atoms. The molecule has 0 bridgehead atoms. The van der Waals surface area contributed by atoms with Crippen molar-refractivity contribution in [2.24, 2.45) is 0 Å². The van der Waals surface area contributed by atoms with E-state index in [0.29, 0.717) is 28.4 Å². The number of hydrogen-bond acceptors (Lipinski definition) is 2. The summed E-state index contributed by atoms with van der Waals surface area (Å²) in [7, 11) is 0. The lowest BCUT2D eigenvalue weighted by Crippen LogP contribution is -2.21. The zero-order valence-electron chi connectivity index (χ0n) is 12.3. The summed E-state index contributed by atoms with van der Waals surface area (Å²) in [6, 6.07) is 9.03. The third kappa shape index (κ3) is 3.55. The summed E-state index contributed by atoms with van der Waals surface area (Å²) in [5, 5.41) is 0.533. The van der Waals surface area contributed by atoms with Crippen LogP contribution in [0, 0.1) is 11.8 Å². The Kier molecular flexibility index (Phi) is 5.70. The standard InChI is InChI=1S/C17H15BrClNO2/c1-3-5-10-22-12-6-7-13(15(19)11-12)16-9-8-14(18)17(21)20(16)4-2/h6-9,11H,4,10H2,1-2H3. The number of rotatable bonds is 4. The van der Waals surface area contributed by atoms with E-state index >= 15 is 0 Å². The van der Waals surface area contributed by atoms with E-state index in [1.165, 1.54) is 0 Å². The summed E-state index contributed by atoms with van der Waals surface area (Å²) in [5.41, 5.74) is 1.50. The van der Waals surface area contributed by atoms with Gasteiger partial charge in [0.2, 0.25) is 0 Å². The van der Waals surface area contributed by atoms with Gasteiger partial charge in [0, 0.05) is 12.1 Å². The molecule has 0 saturated carbocycles. The van der Waals surface area contributed by atoms with Gasteiger partial charge in [0.05, 0.1) is 15.2 Å². The molecular weight excluding hydrogens is 366 g/mol. The first-order valence-electron chi connectivity index (χ1n) is 6.80. The van der Waals surface area contributed by atoms with Gasteiger partial charge in [-0.25, -0.2) is 0 Å². The van der Waals surface area contributed by atoms with Crippen molar-refractivity contribution in [3.05, 3.63) is 50.2 Å². The minimum atomic E-state index is -0.0744. The Morgan fingerprint density at radius 1 is 1.32 bits per heavy atom. The highest BCUT2D eigenvalue weighted by molar-refractivity contribution is 9.10. The maximum Gasteiger partial charge on any atom is 0.265 e. The molecule has 1 heterocycles. The first kappa shape index (κ1) is 16.7. The van der Waals surface area contributed by atoms with Gasteiger partial charge in [-0.15, -0.1) is 5.92 Å². The molecule has 0 saturated heterocycles. The van der Waals surface area contributed by atoms with Crippen LogP contribution in [0.25, 0.3) is 11.3 Å². The summed E-state index contributed by atoms with van der Waals surface area (Å²) in [6.07, 6.45) is 0. The molecule has 114 valence electrons. The molecule has 0 atom stereocenters. The molecule has 0 radical (unpaired) electrons. The van der Waals surface area contributed by atoms with Crippen LogP contribution in [0.2, 0.25) is 5.02 Å². The lowest BCUT2D eigenvalue weighted by molar-refractivity contribution is 0.370. The van der Waals surface area contributed by atoms with Crippen LogP contribution < -0.4 is 10.3 Å². The number of hydrogen-bond donors (Lipinski definition) is 0. The van der Waals surface area contributed by atoms with Crippen LogP contribution in [-0.4, -0.2) is 11.2 Å². The molecule has 3 nitrogen and oxygen atoms in total. The minimum absolute atomic E-state index is 0.0744. The van der Waals surface area contributed by atoms with Crippen molar-refractivity contribution < 1.29 is 4.74 Å². The SMILES string of the molecule is CC#CCOc1ccc(-c2ccc(Br)c(=O)n2CC)c(Cl)c1. The highest BCUT2D eigenvalue weighted by Crippen LogP contribution is 2.31. The average molecular weight is 381 g/mol. The van der Waals surface area contributed by atoms with Gasteiger partial charge in [-0.1, -0.05) is 17.5 Å². The number of aromatic nitrogens is 1. The van der Waals surface area contributed by atoms with Crippen molar-refractivity contribution >= 4 is 27.5 Å². The molecule has 2 rings (SSSR count). The lowest BCUT2D eigenvalue weighted by Gasteiger charge is -2.13. The van der Waals surface area contributed by atoms with Gasteiger partial charge in [-0.2, -0.15) is 0 Å². The second-order valence-corrected chi connectivity index (χ2v) is 5.73. The zero-order chi connectivity index (χ0) is 16.1. The van der Waals surface area contributed by atoms with Crippen LogP contribution in [0.15, 0.2) is 39.6 Å². The van der Waals surface area contributed by atoms with Crippen molar-refractivity contribution in [2.75, 3.05) is 6.61 Å². The number of ether oxygens (including phenoxy) is 1. The largest absolute Gasteiger partial charge is 0.481 e. The fourth-order valence-electron chi connectivity index (χ4n) is 2.09. The Morgan fingerprint density at radius 2 is 2.09 bits per heavy atom. The van der Waals surface area contributed by atoms with Gasteiger partial charge < -0.3 is 9.30 Å². The van der Waals surface area contributed by atoms with Crippen molar-refractivity contribution in [2.45, 2.75) is 20.4 Å². The maximum absolute atomic E-state index is 12.2. The average Bonchev–Trinajstić information content (AvgIpc) is 2.51. The van der Waals surface area contributed by atoms with E-state index < -0.39 is 0 Å². The van der Waals surface area contributed by atoms with Gasteiger partial charge in [0.25, 0.3) is 5.56 Å². The summed E-state index contributed by atoms with van der Waals surface area (Å²) >= 11 is 9.61. The molecule has 5 heteroatoms. The molecule has 0 spiro atoms. The summed E-state index contributed by atoms with van der Waals surface area (Å²) in [6.45, 7) is 4.57. The highest BCUT2D eigenvalue weighted by atomic mass is 79.9. The van der Waals surface area contributed by atoms with Crippen molar-refractivity contribution in [3.63, 3.8) is 0 Å². The molecule has 0 aliphatic carbocycles. The molecule has 0 amide bonds. The van der Waals surface area contributed by atoms with Gasteiger partial charge >= 0.3 is 0 Å². The normalized spacial score (nSPS) is 10.0. The molecule has 0 N–H and O–H groups in total. The molecule has 0 fully saturated rings. The zero-order valence-corrected chi connectivity index (χ0v) is 14.7. The lowest BCUT2D eigenvalue weighted by atomic mass is 10.1. The molecule has 0 unspecified atom stereocenters. The Balaban J connectivity index is 2.43. The number of halogens is 2. The molecule has 0 aliphatic rings. The number of pyridine rings is 1. The summed E-state index contributed by atoms with van der Waals surface area (Å²) in [4.78, 5) is 12.2. The smallest absolute Gasteiger partial charge is 0.265 e. The van der Waals surface area contributed by atoms with Gasteiger partial charge in [0.15, 0.2) is 0 Å². The summed E-state index contributed by atoms with van der Waals surface area (Å²) in [5.74, 6) is 6.25. The second kappa shape index (κ2) is 7.53. The number of nitrogens with zero attached hydrogens (tertiary/aromatic N) is 1. The van der Waals surface area contributed by atoms with Crippen LogP contribution in [-0.2, 0) is 6.54 Å². The van der Waals surface area contributed by atoms with Gasteiger partial charge in [-0.05, 0) is 60.1 Å². The van der Waals surface area contributed by atoms with Crippen molar-refractivity contribution in [1.29, 1.82) is 0 Å². The Bertz CT molecular complexity index is 803. The van der Waals surface area contributed by atoms with E-state index in [1.54, 1.807) is 23.6 Å². The van der Waals surface area contributed by atoms with Crippen LogP contribution in [0.1, 0.15) is 13.8 Å². The van der Waals surface area contributed by atoms with Crippen molar-refractivity contribution in [3.8, 4) is 28.8 Å². The molecule has 1 aromatic heterocycles. The van der Waals surface area contributed by atoms with E-state index in [-0.39, 0.29) is 5.56 Å². The van der Waals surface area contributed by atoms with E-state index in [4.69, 9.17) is 16.3 Å². The highest BCUT2D eigenvalue weighted by Gasteiger charge is 2.11. The van der Waals surface area contributed by atoms with E-state index in [9.17, 15) is 4.79 Å². The molecule has 1 aromatic carbocycles. The Hall–Kier alpha value is -1.70. The quantitative estimate of drug-likeness (QED) is 0.738. The fourth-order valence-corrected chi connectivity index (χ4v) is 2.70. The first-order valence-corrected chi connectivity index (χ1v) is 7.97.